The first-order valence-electron chi connectivity index (χ1n) is 10.1. The maximum absolute atomic E-state index is 12.8. The number of aromatic nitrogens is 3. The van der Waals surface area contributed by atoms with Gasteiger partial charge in [-0.3, -0.25) is 9.48 Å². The summed E-state index contributed by atoms with van der Waals surface area (Å²) in [4.78, 5) is 12.2. The molecule has 0 aliphatic rings. The standard InChI is InChI=1S/C23H22FN5O4S/c1-14(24)23(30)25-10-16-11-26-29(13-16)12-15-8-18(32-3)21-19(9-15)33-27-22(21)28-34-20-7-5-4-6-17(20)31-2/h4-9,11,13H,1,10,12H2,2-3H3,(H,25,30)(H,27,28). The molecule has 0 bridgehead atoms. The van der Waals surface area contributed by atoms with Crippen LogP contribution in [-0.4, -0.2) is 35.1 Å². The normalized spacial score (nSPS) is 10.8. The highest BCUT2D eigenvalue weighted by molar-refractivity contribution is 8.00. The number of carbonyl (C=O) groups excluding carboxylic acids is 1. The van der Waals surface area contributed by atoms with E-state index in [1.54, 1.807) is 31.3 Å². The molecule has 0 unspecified atom stereocenters. The molecule has 2 aromatic carbocycles. The van der Waals surface area contributed by atoms with Crippen LogP contribution in [0.25, 0.3) is 11.0 Å². The van der Waals surface area contributed by atoms with Gasteiger partial charge in [-0.05, 0) is 41.8 Å². The number of ether oxygens (including phenoxy) is 2. The molecule has 4 rings (SSSR count). The van der Waals surface area contributed by atoms with Gasteiger partial charge in [0.1, 0.15) is 16.9 Å². The van der Waals surface area contributed by atoms with Gasteiger partial charge in [0.05, 0.1) is 31.9 Å². The van der Waals surface area contributed by atoms with Crippen molar-refractivity contribution < 1.29 is 23.2 Å². The van der Waals surface area contributed by atoms with E-state index in [1.165, 1.54) is 11.9 Å². The van der Waals surface area contributed by atoms with Gasteiger partial charge in [-0.1, -0.05) is 23.9 Å². The Labute approximate surface area is 199 Å². The van der Waals surface area contributed by atoms with E-state index < -0.39 is 11.7 Å². The van der Waals surface area contributed by atoms with Gasteiger partial charge in [0.15, 0.2) is 17.2 Å². The Morgan fingerprint density at radius 3 is 2.76 bits per heavy atom. The average molecular weight is 484 g/mol. The van der Waals surface area contributed by atoms with Crippen LogP contribution in [0.1, 0.15) is 11.1 Å². The Morgan fingerprint density at radius 2 is 2.00 bits per heavy atom. The van der Waals surface area contributed by atoms with Crippen molar-refractivity contribution in [3.8, 4) is 11.5 Å². The quantitative estimate of drug-likeness (QED) is 0.254. The maximum atomic E-state index is 12.8. The van der Waals surface area contributed by atoms with Gasteiger partial charge in [0, 0.05) is 18.3 Å². The van der Waals surface area contributed by atoms with Gasteiger partial charge in [-0.15, -0.1) is 0 Å². The highest BCUT2D eigenvalue weighted by Crippen LogP contribution is 2.37. The van der Waals surface area contributed by atoms with E-state index in [-0.39, 0.29) is 6.54 Å². The molecule has 0 radical (unpaired) electrons. The zero-order valence-electron chi connectivity index (χ0n) is 18.5. The summed E-state index contributed by atoms with van der Waals surface area (Å²) >= 11 is 1.36. The lowest BCUT2D eigenvalue weighted by Gasteiger charge is -2.09. The van der Waals surface area contributed by atoms with Crippen LogP contribution in [0, 0.1) is 0 Å². The first-order chi connectivity index (χ1) is 16.5. The van der Waals surface area contributed by atoms with E-state index in [2.05, 4.69) is 26.9 Å². The summed E-state index contributed by atoms with van der Waals surface area (Å²) < 4.78 is 34.2. The molecular formula is C23H22FN5O4S. The monoisotopic (exact) mass is 483 g/mol. The van der Waals surface area contributed by atoms with Crippen LogP contribution in [0.3, 0.4) is 0 Å². The number of hydrogen-bond donors (Lipinski definition) is 2. The van der Waals surface area contributed by atoms with Crippen molar-refractivity contribution in [1.82, 2.24) is 20.3 Å². The minimum absolute atomic E-state index is 0.144. The summed E-state index contributed by atoms with van der Waals surface area (Å²) in [7, 11) is 3.20. The number of halogens is 1. The molecule has 2 aromatic heterocycles. The second-order valence-corrected chi connectivity index (χ2v) is 8.04. The minimum atomic E-state index is -1.03. The van der Waals surface area contributed by atoms with Crippen LogP contribution in [0.5, 0.6) is 11.5 Å². The number of para-hydroxylation sites is 1. The Kier molecular flexibility index (Phi) is 7.02. The molecule has 0 saturated carbocycles. The molecule has 0 aliphatic heterocycles. The van der Waals surface area contributed by atoms with Crippen molar-refractivity contribution in [2.75, 3.05) is 18.9 Å². The number of benzene rings is 2. The summed E-state index contributed by atoms with van der Waals surface area (Å²) in [6.45, 7) is 3.54. The van der Waals surface area contributed by atoms with Crippen LogP contribution < -0.4 is 19.5 Å². The van der Waals surface area contributed by atoms with Crippen LogP contribution in [-0.2, 0) is 17.9 Å². The zero-order valence-corrected chi connectivity index (χ0v) is 19.3. The molecule has 2 heterocycles. The Balaban J connectivity index is 1.49. The summed E-state index contributed by atoms with van der Waals surface area (Å²) in [5.74, 6) is -0.00903. The van der Waals surface area contributed by atoms with Crippen molar-refractivity contribution in [3.63, 3.8) is 0 Å². The van der Waals surface area contributed by atoms with E-state index in [0.29, 0.717) is 29.1 Å². The van der Waals surface area contributed by atoms with Crippen molar-refractivity contribution in [2.45, 2.75) is 18.0 Å². The topological polar surface area (TPSA) is 103 Å². The second-order valence-electron chi connectivity index (χ2n) is 7.19. The lowest BCUT2D eigenvalue weighted by atomic mass is 10.1. The Hall–Kier alpha value is -3.99. The van der Waals surface area contributed by atoms with Crippen molar-refractivity contribution in [3.05, 3.63) is 72.3 Å². The lowest BCUT2D eigenvalue weighted by molar-refractivity contribution is -0.119. The van der Waals surface area contributed by atoms with E-state index in [0.717, 1.165) is 21.8 Å². The second kappa shape index (κ2) is 10.3. The van der Waals surface area contributed by atoms with Gasteiger partial charge in [-0.2, -0.15) is 5.10 Å². The summed E-state index contributed by atoms with van der Waals surface area (Å²) in [5.41, 5.74) is 2.15. The molecule has 34 heavy (non-hydrogen) atoms. The molecule has 2 N–H and O–H groups in total. The SMILES string of the molecule is C=C(F)C(=O)NCc1cnn(Cc2cc(OC)c3c(NSc4ccccc4OC)noc3c2)c1. The van der Waals surface area contributed by atoms with Crippen LogP contribution >= 0.6 is 11.9 Å². The number of anilines is 1. The summed E-state index contributed by atoms with van der Waals surface area (Å²) in [6.07, 6.45) is 3.36. The molecule has 4 aromatic rings. The van der Waals surface area contributed by atoms with Gasteiger partial charge in [0.2, 0.25) is 0 Å². The lowest BCUT2D eigenvalue weighted by Crippen LogP contribution is -2.22. The molecule has 0 saturated heterocycles. The molecule has 0 fully saturated rings. The molecule has 0 atom stereocenters. The third kappa shape index (κ3) is 5.15. The van der Waals surface area contributed by atoms with E-state index in [1.807, 2.05) is 36.4 Å². The number of carbonyl (C=O) groups is 1. The van der Waals surface area contributed by atoms with Crippen LogP contribution in [0.15, 0.2) is 70.6 Å². The number of fused-ring (bicyclic) bond motifs is 1. The predicted molar refractivity (Wildman–Crippen MR) is 126 cm³/mol. The number of rotatable bonds is 10. The van der Waals surface area contributed by atoms with Gasteiger partial charge in [-0.25, -0.2) is 4.39 Å². The molecular weight excluding hydrogens is 461 g/mol. The Bertz CT molecular complexity index is 1340. The fourth-order valence-corrected chi connectivity index (χ4v) is 4.01. The zero-order chi connectivity index (χ0) is 24.1. The predicted octanol–water partition coefficient (Wildman–Crippen LogP) is 4.31. The minimum Gasteiger partial charge on any atom is -0.496 e. The van der Waals surface area contributed by atoms with E-state index in [9.17, 15) is 9.18 Å². The fourth-order valence-electron chi connectivity index (χ4n) is 3.27. The van der Waals surface area contributed by atoms with Crippen molar-refractivity contribution in [2.24, 2.45) is 0 Å². The van der Waals surface area contributed by atoms with E-state index >= 15 is 0 Å². The molecule has 1 amide bonds. The highest BCUT2D eigenvalue weighted by atomic mass is 32.2. The van der Waals surface area contributed by atoms with Gasteiger partial charge < -0.3 is 24.0 Å². The molecule has 0 aliphatic carbocycles. The number of nitrogens with one attached hydrogen (secondary N) is 2. The molecule has 11 heteroatoms. The largest absolute Gasteiger partial charge is 0.496 e. The smallest absolute Gasteiger partial charge is 0.279 e. The number of methoxy groups -OCH3 is 2. The maximum Gasteiger partial charge on any atom is 0.279 e. The summed E-state index contributed by atoms with van der Waals surface area (Å²) in [5, 5.41) is 11.6. The van der Waals surface area contributed by atoms with Crippen molar-refractivity contribution >= 4 is 34.6 Å². The third-order valence-electron chi connectivity index (χ3n) is 4.88. The average Bonchev–Trinajstić information content (AvgIpc) is 3.47. The van der Waals surface area contributed by atoms with E-state index in [4.69, 9.17) is 14.0 Å². The Morgan fingerprint density at radius 1 is 1.21 bits per heavy atom. The van der Waals surface area contributed by atoms with Gasteiger partial charge >= 0.3 is 0 Å². The molecule has 176 valence electrons. The fraction of sp³-hybridized carbons (Fsp3) is 0.174. The number of amides is 1. The number of hydrogen-bond acceptors (Lipinski definition) is 8. The van der Waals surface area contributed by atoms with Crippen molar-refractivity contribution in [1.29, 1.82) is 0 Å². The first kappa shape index (κ1) is 23.2. The highest BCUT2D eigenvalue weighted by Gasteiger charge is 2.17. The number of nitrogens with zero attached hydrogens (tertiary/aromatic N) is 3. The van der Waals surface area contributed by atoms with Crippen LogP contribution in [0.4, 0.5) is 10.2 Å². The van der Waals surface area contributed by atoms with Crippen LogP contribution in [0.2, 0.25) is 0 Å². The van der Waals surface area contributed by atoms with Gasteiger partial charge in [0.25, 0.3) is 5.91 Å². The molecule has 0 spiro atoms. The molecule has 9 nitrogen and oxygen atoms in total. The first-order valence-corrected chi connectivity index (χ1v) is 11.0. The third-order valence-corrected chi connectivity index (χ3v) is 5.73. The summed E-state index contributed by atoms with van der Waals surface area (Å²) in [6, 6.07) is 11.4.